The number of phenolic OH excluding ortho intramolecular Hbond substituents is 1. The summed E-state index contributed by atoms with van der Waals surface area (Å²) in [6.45, 7) is 5.56. The minimum atomic E-state index is 0.285. The van der Waals surface area contributed by atoms with Gasteiger partial charge in [0.1, 0.15) is 23.7 Å². The molecule has 0 aliphatic carbocycles. The van der Waals surface area contributed by atoms with E-state index in [0.29, 0.717) is 31.1 Å². The minimum Gasteiger partial charge on any atom is -0.508 e. The van der Waals surface area contributed by atoms with Gasteiger partial charge in [-0.2, -0.15) is 0 Å². The number of nitrogens with zero attached hydrogens (tertiary/aromatic N) is 3. The number of ether oxygens (including phenoxy) is 1. The monoisotopic (exact) mass is 387 g/mol. The molecular formula is C19H25N5O2S. The maximum Gasteiger partial charge on any atom is 0.151 e. The lowest BCUT2D eigenvalue weighted by molar-refractivity contribution is 0.129. The van der Waals surface area contributed by atoms with Gasteiger partial charge in [-0.3, -0.25) is 0 Å². The highest BCUT2D eigenvalue weighted by atomic mass is 32.2. The van der Waals surface area contributed by atoms with Crippen molar-refractivity contribution >= 4 is 28.6 Å². The molecule has 0 bridgehead atoms. The van der Waals surface area contributed by atoms with Crippen molar-refractivity contribution in [3.05, 3.63) is 35.3 Å². The second-order valence-corrected chi connectivity index (χ2v) is 7.67. The molecule has 0 atom stereocenters. The Balaban J connectivity index is 1.96. The first-order valence-corrected chi connectivity index (χ1v) is 9.57. The zero-order valence-electron chi connectivity index (χ0n) is 16.0. The number of nitrogen functional groups attached to an aromatic ring is 1. The fraction of sp³-hybridized carbons (Fsp3) is 0.368. The minimum absolute atomic E-state index is 0.285. The van der Waals surface area contributed by atoms with Crippen molar-refractivity contribution in [1.82, 2.24) is 19.9 Å². The third kappa shape index (κ3) is 4.35. The maximum atomic E-state index is 10.3. The fourth-order valence-electron chi connectivity index (χ4n) is 2.83. The summed E-state index contributed by atoms with van der Waals surface area (Å²) in [5, 5.41) is 10.3. The van der Waals surface area contributed by atoms with Crippen molar-refractivity contribution < 1.29 is 9.84 Å². The van der Waals surface area contributed by atoms with Gasteiger partial charge in [0.25, 0.3) is 0 Å². The van der Waals surface area contributed by atoms with Gasteiger partial charge < -0.3 is 25.5 Å². The number of aromatic hydroxyl groups is 1. The number of rotatable bonds is 7. The van der Waals surface area contributed by atoms with Gasteiger partial charge in [0.15, 0.2) is 5.82 Å². The Kier molecular flexibility index (Phi) is 5.88. The number of fused-ring (bicyclic) bond motifs is 1. The maximum absolute atomic E-state index is 10.3. The molecule has 0 amide bonds. The summed E-state index contributed by atoms with van der Waals surface area (Å²) >= 11 is 1.53. The summed E-state index contributed by atoms with van der Waals surface area (Å²) in [4.78, 5) is 16.1. The second kappa shape index (κ2) is 8.16. The molecule has 27 heavy (non-hydrogen) atoms. The number of aryl methyl sites for hydroxylation is 1. The van der Waals surface area contributed by atoms with Crippen LogP contribution in [0, 0.1) is 6.92 Å². The summed E-state index contributed by atoms with van der Waals surface area (Å²) in [7, 11) is 3.95. The number of hydrogen-bond acceptors (Lipinski definition) is 7. The van der Waals surface area contributed by atoms with E-state index in [1.807, 2.05) is 45.0 Å². The number of aromatic nitrogens is 3. The Morgan fingerprint density at radius 3 is 2.74 bits per heavy atom. The molecule has 2 aromatic heterocycles. The van der Waals surface area contributed by atoms with Crippen LogP contribution in [0.5, 0.6) is 5.75 Å². The van der Waals surface area contributed by atoms with Crippen LogP contribution in [0.25, 0.3) is 11.0 Å². The summed E-state index contributed by atoms with van der Waals surface area (Å²) in [6.07, 6.45) is 0. The molecule has 2 heterocycles. The number of imidazole rings is 1. The van der Waals surface area contributed by atoms with Crippen LogP contribution in [0.4, 0.5) is 5.82 Å². The number of nitrogens with two attached hydrogens (primary N) is 1. The molecule has 144 valence electrons. The summed E-state index contributed by atoms with van der Waals surface area (Å²) in [6, 6.07) is 5.73. The molecule has 8 heteroatoms. The standard InChI is InChI=1S/C19H25N5O2S/c1-5-26-10-15-22-16-17(23-15)19(20)21-11(2)18(16)27-13-7-6-12(9-24(3)4)14(25)8-13/h6-8,25H,5,9-10H2,1-4H3,(H2,20,21)(H,22,23). The molecule has 0 radical (unpaired) electrons. The predicted octanol–water partition coefficient (Wildman–Crippen LogP) is 3.30. The lowest BCUT2D eigenvalue weighted by Gasteiger charge is -2.13. The molecule has 0 saturated carbocycles. The van der Waals surface area contributed by atoms with E-state index in [0.717, 1.165) is 32.4 Å². The first kappa shape index (κ1) is 19.5. The molecule has 0 unspecified atom stereocenters. The molecule has 4 N–H and O–H groups in total. The van der Waals surface area contributed by atoms with Gasteiger partial charge in [-0.05, 0) is 40.1 Å². The normalized spacial score (nSPS) is 11.6. The zero-order chi connectivity index (χ0) is 19.6. The highest BCUT2D eigenvalue weighted by molar-refractivity contribution is 7.99. The van der Waals surface area contributed by atoms with Crippen LogP contribution >= 0.6 is 11.8 Å². The number of phenols is 1. The van der Waals surface area contributed by atoms with Gasteiger partial charge in [-0.15, -0.1) is 0 Å². The van der Waals surface area contributed by atoms with Crippen LogP contribution in [0.2, 0.25) is 0 Å². The predicted molar refractivity (Wildman–Crippen MR) is 108 cm³/mol. The Bertz CT molecular complexity index is 955. The molecule has 7 nitrogen and oxygen atoms in total. The van der Waals surface area contributed by atoms with Crippen LogP contribution in [0.1, 0.15) is 24.0 Å². The molecule has 3 aromatic rings. The first-order valence-electron chi connectivity index (χ1n) is 8.76. The van der Waals surface area contributed by atoms with Crippen LogP contribution in [-0.4, -0.2) is 45.7 Å². The van der Waals surface area contributed by atoms with Crippen LogP contribution in [-0.2, 0) is 17.9 Å². The molecule has 3 rings (SSSR count). The van der Waals surface area contributed by atoms with Crippen LogP contribution < -0.4 is 5.73 Å². The number of nitrogens with one attached hydrogen (secondary N) is 1. The van der Waals surface area contributed by atoms with E-state index < -0.39 is 0 Å². The fourth-order valence-corrected chi connectivity index (χ4v) is 3.81. The molecule has 0 aliphatic heterocycles. The van der Waals surface area contributed by atoms with E-state index in [1.54, 1.807) is 6.07 Å². The van der Waals surface area contributed by atoms with E-state index >= 15 is 0 Å². The van der Waals surface area contributed by atoms with Crippen molar-refractivity contribution in [2.75, 3.05) is 26.4 Å². The number of hydrogen-bond donors (Lipinski definition) is 3. The Morgan fingerprint density at radius 2 is 2.07 bits per heavy atom. The smallest absolute Gasteiger partial charge is 0.151 e. The van der Waals surface area contributed by atoms with Crippen molar-refractivity contribution in [3.63, 3.8) is 0 Å². The van der Waals surface area contributed by atoms with Gasteiger partial charge in [-0.25, -0.2) is 9.97 Å². The summed E-state index contributed by atoms with van der Waals surface area (Å²) < 4.78 is 5.44. The highest BCUT2D eigenvalue weighted by Gasteiger charge is 2.16. The van der Waals surface area contributed by atoms with E-state index in [4.69, 9.17) is 10.5 Å². The Hall–Kier alpha value is -2.29. The van der Waals surface area contributed by atoms with E-state index in [9.17, 15) is 5.11 Å². The second-order valence-electron chi connectivity index (χ2n) is 6.59. The van der Waals surface area contributed by atoms with Gasteiger partial charge in [-0.1, -0.05) is 17.8 Å². The van der Waals surface area contributed by atoms with Gasteiger partial charge >= 0.3 is 0 Å². The average molecular weight is 388 g/mol. The Labute approximate surface area is 163 Å². The van der Waals surface area contributed by atoms with Gasteiger partial charge in [0, 0.05) is 23.6 Å². The van der Waals surface area contributed by atoms with E-state index in [1.165, 1.54) is 11.8 Å². The lowest BCUT2D eigenvalue weighted by atomic mass is 10.2. The summed E-state index contributed by atoms with van der Waals surface area (Å²) in [5.41, 5.74) is 9.26. The third-order valence-electron chi connectivity index (χ3n) is 4.05. The van der Waals surface area contributed by atoms with E-state index in [-0.39, 0.29) is 5.75 Å². The summed E-state index contributed by atoms with van der Waals surface area (Å²) in [5.74, 6) is 1.40. The number of pyridine rings is 1. The first-order chi connectivity index (χ1) is 12.9. The molecule has 0 fully saturated rings. The highest BCUT2D eigenvalue weighted by Crippen LogP contribution is 2.38. The topological polar surface area (TPSA) is 100 Å². The zero-order valence-corrected chi connectivity index (χ0v) is 16.9. The number of H-pyrrole nitrogens is 1. The third-order valence-corrected chi connectivity index (χ3v) is 5.24. The number of benzene rings is 1. The van der Waals surface area contributed by atoms with Crippen molar-refractivity contribution in [2.45, 2.75) is 36.8 Å². The van der Waals surface area contributed by atoms with Crippen molar-refractivity contribution in [3.8, 4) is 5.75 Å². The van der Waals surface area contributed by atoms with Crippen LogP contribution in [0.3, 0.4) is 0 Å². The van der Waals surface area contributed by atoms with Gasteiger partial charge in [0.05, 0.1) is 16.1 Å². The average Bonchev–Trinajstić information content (AvgIpc) is 3.03. The van der Waals surface area contributed by atoms with Crippen molar-refractivity contribution in [2.24, 2.45) is 0 Å². The molecule has 0 aliphatic rings. The van der Waals surface area contributed by atoms with Crippen LogP contribution in [0.15, 0.2) is 28.0 Å². The largest absolute Gasteiger partial charge is 0.508 e. The molecule has 0 saturated heterocycles. The number of anilines is 1. The van der Waals surface area contributed by atoms with Crippen molar-refractivity contribution in [1.29, 1.82) is 0 Å². The molecule has 1 aromatic carbocycles. The van der Waals surface area contributed by atoms with E-state index in [2.05, 4.69) is 15.0 Å². The molecule has 0 spiro atoms. The SMILES string of the molecule is CCOCc1nc2c(N)nc(C)c(Sc3ccc(CN(C)C)c(O)c3)c2[nH]1. The number of aromatic amines is 1. The quantitative estimate of drug-likeness (QED) is 0.572. The lowest BCUT2D eigenvalue weighted by Crippen LogP contribution is -2.10. The van der Waals surface area contributed by atoms with Gasteiger partial charge in [0.2, 0.25) is 0 Å². The molecular weight excluding hydrogens is 362 g/mol. The Morgan fingerprint density at radius 1 is 1.30 bits per heavy atom.